The Kier molecular flexibility index (Phi) is 6.09. The van der Waals surface area contributed by atoms with Crippen molar-refractivity contribution in [1.82, 2.24) is 5.48 Å². The first kappa shape index (κ1) is 12.1. The predicted octanol–water partition coefficient (Wildman–Crippen LogP) is 0.0482. The fourth-order valence-corrected chi connectivity index (χ4v) is 0.846. The van der Waals surface area contributed by atoms with Gasteiger partial charge in [-0.2, -0.15) is 5.48 Å². The molecule has 0 aliphatic carbocycles. The maximum Gasteiger partial charge on any atom is 0.325 e. The standard InChI is InChI=1S/C8H15NO4/c1-4-13-8(11)7(9-12-3)5-6(2)10/h7,9H,4-5H2,1-3H3. The van der Waals surface area contributed by atoms with Crippen molar-refractivity contribution in [3.63, 3.8) is 0 Å². The Morgan fingerprint density at radius 1 is 1.46 bits per heavy atom. The Labute approximate surface area is 77.3 Å². The fourth-order valence-electron chi connectivity index (χ4n) is 0.846. The van der Waals surface area contributed by atoms with Gasteiger partial charge in [-0.25, -0.2) is 0 Å². The first-order valence-electron chi connectivity index (χ1n) is 4.06. The second-order valence-corrected chi connectivity index (χ2v) is 2.53. The zero-order valence-electron chi connectivity index (χ0n) is 8.12. The maximum absolute atomic E-state index is 11.2. The van der Waals surface area contributed by atoms with Gasteiger partial charge in [0.05, 0.1) is 13.7 Å². The summed E-state index contributed by atoms with van der Waals surface area (Å²) in [6.07, 6.45) is 0.0761. The number of Topliss-reactive ketones (excluding diaryl/α,β-unsaturated/α-hetero) is 1. The monoisotopic (exact) mass is 189 g/mol. The molecule has 0 saturated carbocycles. The molecular formula is C8H15NO4. The minimum atomic E-state index is -0.706. The summed E-state index contributed by atoms with van der Waals surface area (Å²) in [5.41, 5.74) is 2.40. The van der Waals surface area contributed by atoms with Crippen molar-refractivity contribution in [2.45, 2.75) is 26.3 Å². The molecule has 0 spiro atoms. The molecule has 1 atom stereocenters. The Morgan fingerprint density at radius 3 is 2.46 bits per heavy atom. The zero-order chi connectivity index (χ0) is 10.3. The predicted molar refractivity (Wildman–Crippen MR) is 45.9 cm³/mol. The number of hydrogen-bond donors (Lipinski definition) is 1. The van der Waals surface area contributed by atoms with E-state index in [1.807, 2.05) is 0 Å². The van der Waals surface area contributed by atoms with Crippen molar-refractivity contribution in [1.29, 1.82) is 0 Å². The third kappa shape index (κ3) is 5.32. The quantitative estimate of drug-likeness (QED) is 0.472. The van der Waals surface area contributed by atoms with Crippen LogP contribution in [-0.4, -0.2) is 31.5 Å². The summed E-state index contributed by atoms with van der Waals surface area (Å²) < 4.78 is 4.72. The number of carbonyl (C=O) groups is 2. The van der Waals surface area contributed by atoms with Crippen LogP contribution in [0.3, 0.4) is 0 Å². The smallest absolute Gasteiger partial charge is 0.325 e. The van der Waals surface area contributed by atoms with Crippen molar-refractivity contribution in [2.24, 2.45) is 0 Å². The van der Waals surface area contributed by atoms with Crippen molar-refractivity contribution in [3.8, 4) is 0 Å². The van der Waals surface area contributed by atoms with E-state index in [2.05, 4.69) is 10.3 Å². The Hall–Kier alpha value is -0.940. The van der Waals surface area contributed by atoms with Gasteiger partial charge in [0.2, 0.25) is 0 Å². The highest BCUT2D eigenvalue weighted by molar-refractivity contribution is 5.84. The lowest BCUT2D eigenvalue weighted by molar-refractivity contribution is -0.151. The van der Waals surface area contributed by atoms with Gasteiger partial charge in [0, 0.05) is 6.42 Å². The highest BCUT2D eigenvalue weighted by Gasteiger charge is 2.20. The lowest BCUT2D eigenvalue weighted by atomic mass is 10.2. The van der Waals surface area contributed by atoms with Gasteiger partial charge in [-0.05, 0) is 13.8 Å². The van der Waals surface area contributed by atoms with Crippen LogP contribution in [0.2, 0.25) is 0 Å². The molecule has 0 aromatic carbocycles. The third-order valence-electron chi connectivity index (χ3n) is 1.32. The van der Waals surface area contributed by atoms with Crippen LogP contribution < -0.4 is 5.48 Å². The molecule has 0 saturated heterocycles. The van der Waals surface area contributed by atoms with Gasteiger partial charge < -0.3 is 9.57 Å². The Morgan fingerprint density at radius 2 is 2.08 bits per heavy atom. The molecule has 0 aliphatic heterocycles. The summed E-state index contributed by atoms with van der Waals surface area (Å²) in [7, 11) is 1.38. The van der Waals surface area contributed by atoms with Crippen LogP contribution in [0.15, 0.2) is 0 Å². The molecule has 0 rings (SSSR count). The number of rotatable bonds is 6. The van der Waals surface area contributed by atoms with E-state index in [9.17, 15) is 9.59 Å². The van der Waals surface area contributed by atoms with Crippen LogP contribution in [0.1, 0.15) is 20.3 Å². The highest BCUT2D eigenvalue weighted by atomic mass is 16.6. The zero-order valence-corrected chi connectivity index (χ0v) is 8.12. The van der Waals surface area contributed by atoms with Gasteiger partial charge in [0.15, 0.2) is 0 Å². The number of carbonyl (C=O) groups excluding carboxylic acids is 2. The second kappa shape index (κ2) is 6.56. The van der Waals surface area contributed by atoms with E-state index < -0.39 is 12.0 Å². The van der Waals surface area contributed by atoms with E-state index in [1.165, 1.54) is 14.0 Å². The average molecular weight is 189 g/mol. The van der Waals surface area contributed by atoms with Crippen LogP contribution in [0, 0.1) is 0 Å². The van der Waals surface area contributed by atoms with E-state index >= 15 is 0 Å². The summed E-state index contributed by atoms with van der Waals surface area (Å²) in [6.45, 7) is 3.40. The molecule has 0 radical (unpaired) electrons. The molecule has 1 unspecified atom stereocenters. The van der Waals surface area contributed by atoms with E-state index in [4.69, 9.17) is 4.74 Å². The van der Waals surface area contributed by atoms with Crippen molar-refractivity contribution in [3.05, 3.63) is 0 Å². The molecule has 5 nitrogen and oxygen atoms in total. The van der Waals surface area contributed by atoms with E-state index in [0.717, 1.165) is 0 Å². The van der Waals surface area contributed by atoms with Gasteiger partial charge >= 0.3 is 5.97 Å². The van der Waals surface area contributed by atoms with E-state index in [0.29, 0.717) is 6.61 Å². The van der Waals surface area contributed by atoms with Gasteiger partial charge in [-0.3, -0.25) is 9.59 Å². The number of ketones is 1. The average Bonchev–Trinajstić information content (AvgIpc) is 2.03. The number of hydrogen-bond acceptors (Lipinski definition) is 5. The summed E-state index contributed by atoms with van der Waals surface area (Å²) >= 11 is 0. The molecule has 0 aromatic heterocycles. The fraction of sp³-hybridized carbons (Fsp3) is 0.750. The summed E-state index contributed by atoms with van der Waals surface area (Å²) in [5.74, 6) is -0.567. The highest BCUT2D eigenvalue weighted by Crippen LogP contribution is 1.96. The van der Waals surface area contributed by atoms with Crippen molar-refractivity contribution in [2.75, 3.05) is 13.7 Å². The summed E-state index contributed by atoms with van der Waals surface area (Å²) in [4.78, 5) is 26.5. The van der Waals surface area contributed by atoms with Crippen LogP contribution >= 0.6 is 0 Å². The molecule has 76 valence electrons. The Bertz CT molecular complexity index is 181. The molecule has 1 N–H and O–H groups in total. The molecule has 0 aromatic rings. The summed E-state index contributed by atoms with van der Waals surface area (Å²) in [5, 5.41) is 0. The number of ether oxygens (including phenoxy) is 1. The van der Waals surface area contributed by atoms with Crippen LogP contribution in [0.25, 0.3) is 0 Å². The van der Waals surface area contributed by atoms with E-state index in [1.54, 1.807) is 6.92 Å². The minimum absolute atomic E-state index is 0.0761. The molecule has 0 fully saturated rings. The topological polar surface area (TPSA) is 64.6 Å². The lowest BCUT2D eigenvalue weighted by Crippen LogP contribution is -2.38. The molecule has 13 heavy (non-hydrogen) atoms. The van der Waals surface area contributed by atoms with Gasteiger partial charge in [0.1, 0.15) is 11.8 Å². The third-order valence-corrected chi connectivity index (χ3v) is 1.32. The van der Waals surface area contributed by atoms with Crippen LogP contribution in [0.5, 0.6) is 0 Å². The molecule has 0 bridgehead atoms. The largest absolute Gasteiger partial charge is 0.465 e. The Balaban J connectivity index is 4.06. The first-order valence-corrected chi connectivity index (χ1v) is 4.06. The molecule has 0 amide bonds. The van der Waals surface area contributed by atoms with Gasteiger partial charge in [0.25, 0.3) is 0 Å². The molecule has 5 heteroatoms. The normalized spacial score (nSPS) is 12.2. The van der Waals surface area contributed by atoms with Crippen molar-refractivity contribution < 1.29 is 19.2 Å². The molecule has 0 aliphatic rings. The molecular weight excluding hydrogens is 174 g/mol. The van der Waals surface area contributed by atoms with Gasteiger partial charge in [-0.1, -0.05) is 0 Å². The lowest BCUT2D eigenvalue weighted by Gasteiger charge is -2.13. The summed E-state index contributed by atoms with van der Waals surface area (Å²) in [6, 6.07) is -0.706. The minimum Gasteiger partial charge on any atom is -0.465 e. The van der Waals surface area contributed by atoms with Crippen molar-refractivity contribution >= 4 is 11.8 Å². The molecule has 0 heterocycles. The maximum atomic E-state index is 11.2. The second-order valence-electron chi connectivity index (χ2n) is 2.53. The number of hydroxylamine groups is 1. The SMILES string of the molecule is CCOC(=O)C(CC(C)=O)NOC. The first-order chi connectivity index (χ1) is 6.11. The van der Waals surface area contributed by atoms with Crippen LogP contribution in [0.4, 0.5) is 0 Å². The van der Waals surface area contributed by atoms with Gasteiger partial charge in [-0.15, -0.1) is 0 Å². The van der Waals surface area contributed by atoms with Crippen LogP contribution in [-0.2, 0) is 19.2 Å². The number of esters is 1. The van der Waals surface area contributed by atoms with E-state index in [-0.39, 0.29) is 12.2 Å². The number of nitrogens with one attached hydrogen (secondary N) is 1.